The zero-order chi connectivity index (χ0) is 21.9. The van der Waals surface area contributed by atoms with Gasteiger partial charge in [-0.3, -0.25) is 4.79 Å². The monoisotopic (exact) mass is 420 g/mol. The van der Waals surface area contributed by atoms with Crippen LogP contribution in [0.1, 0.15) is 41.3 Å². The molecule has 0 saturated heterocycles. The summed E-state index contributed by atoms with van der Waals surface area (Å²) in [5.41, 5.74) is 1.29. The minimum Gasteiger partial charge on any atom is -0.507 e. The van der Waals surface area contributed by atoms with Crippen molar-refractivity contribution in [2.75, 3.05) is 6.61 Å². The Bertz CT molecular complexity index is 1320. The lowest BCUT2D eigenvalue weighted by Crippen LogP contribution is -2.49. The first-order valence-electron chi connectivity index (χ1n) is 10.1. The smallest absolute Gasteiger partial charge is 0.379 e. The van der Waals surface area contributed by atoms with Crippen LogP contribution in [0.4, 0.5) is 0 Å². The molecule has 2 aliphatic rings. The minimum absolute atomic E-state index is 0.0215. The highest BCUT2D eigenvalue weighted by molar-refractivity contribution is 6.27. The van der Waals surface area contributed by atoms with E-state index in [1.807, 2.05) is 6.92 Å². The molecule has 0 bridgehead atoms. The number of esters is 1. The number of hydrogen-bond donors (Lipinski definition) is 3. The number of carbonyl (C=O) groups is 2. The van der Waals surface area contributed by atoms with Gasteiger partial charge in [-0.15, -0.1) is 0 Å². The number of ketones is 1. The van der Waals surface area contributed by atoms with Gasteiger partial charge >= 0.3 is 11.8 Å². The first-order valence-corrected chi connectivity index (χ1v) is 10.1. The maximum atomic E-state index is 12.7. The van der Waals surface area contributed by atoms with Crippen molar-refractivity contribution >= 4 is 39.4 Å². The quantitative estimate of drug-likeness (QED) is 0.336. The topological polar surface area (TPSA) is 113 Å². The van der Waals surface area contributed by atoms with Crippen LogP contribution in [0, 0.1) is 0 Å². The molecule has 0 amide bonds. The van der Waals surface area contributed by atoms with E-state index >= 15 is 0 Å². The average Bonchev–Trinajstić information content (AvgIpc) is 2.75. The first-order chi connectivity index (χ1) is 14.9. The Kier molecular flexibility index (Phi) is 4.20. The summed E-state index contributed by atoms with van der Waals surface area (Å²) in [5, 5.41) is 34.4. The Morgan fingerprint density at radius 3 is 2.55 bits per heavy atom. The molecule has 7 heteroatoms. The fourth-order valence-corrected chi connectivity index (χ4v) is 4.42. The predicted molar refractivity (Wildman–Crippen MR) is 113 cm³/mol. The third kappa shape index (κ3) is 2.70. The summed E-state index contributed by atoms with van der Waals surface area (Å²) in [5.74, 6) is -4.00. The lowest BCUT2D eigenvalue weighted by molar-refractivity contribution is -0.201. The maximum absolute atomic E-state index is 12.7. The number of carbonyl (C=O) groups excluding carboxylic acids is 2. The molecule has 158 valence electrons. The van der Waals surface area contributed by atoms with E-state index in [1.165, 1.54) is 18.2 Å². The van der Waals surface area contributed by atoms with Crippen molar-refractivity contribution in [3.8, 4) is 17.2 Å². The van der Waals surface area contributed by atoms with Crippen LogP contribution >= 0.6 is 0 Å². The van der Waals surface area contributed by atoms with Crippen LogP contribution in [0.5, 0.6) is 17.2 Å². The molecule has 1 heterocycles. The highest BCUT2D eigenvalue weighted by atomic mass is 16.7. The summed E-state index contributed by atoms with van der Waals surface area (Å²) < 4.78 is 10.8. The highest BCUT2D eigenvalue weighted by Gasteiger charge is 2.46. The van der Waals surface area contributed by atoms with E-state index < -0.39 is 11.8 Å². The summed E-state index contributed by atoms with van der Waals surface area (Å²) in [6, 6.07) is 6.25. The third-order valence-corrected chi connectivity index (χ3v) is 5.89. The Morgan fingerprint density at radius 2 is 1.81 bits per heavy atom. The van der Waals surface area contributed by atoms with E-state index in [4.69, 9.17) is 9.47 Å². The van der Waals surface area contributed by atoms with Crippen molar-refractivity contribution in [1.29, 1.82) is 0 Å². The van der Waals surface area contributed by atoms with Gasteiger partial charge in [-0.2, -0.15) is 0 Å². The van der Waals surface area contributed by atoms with Gasteiger partial charge in [-0.1, -0.05) is 25.5 Å². The van der Waals surface area contributed by atoms with Crippen LogP contribution in [-0.2, 0) is 16.0 Å². The molecule has 1 atom stereocenters. The number of allylic oxidation sites excluding steroid dienone is 1. The minimum atomic E-state index is -2.33. The molecule has 3 aromatic rings. The summed E-state index contributed by atoms with van der Waals surface area (Å²) in [6.45, 7) is 2.09. The molecule has 3 aromatic carbocycles. The summed E-state index contributed by atoms with van der Waals surface area (Å²) in [7, 11) is 0. The number of aliphatic hydroxyl groups is 1. The predicted octanol–water partition coefficient (Wildman–Crippen LogP) is 3.58. The lowest BCUT2D eigenvalue weighted by atomic mass is 9.81. The first kappa shape index (κ1) is 19.4. The van der Waals surface area contributed by atoms with Gasteiger partial charge in [0.25, 0.3) is 0 Å². The van der Waals surface area contributed by atoms with E-state index in [9.17, 15) is 24.9 Å². The van der Waals surface area contributed by atoms with Crippen LogP contribution in [0.2, 0.25) is 0 Å². The molecule has 0 spiro atoms. The second kappa shape index (κ2) is 6.72. The normalized spacial score (nSPS) is 19.0. The largest absolute Gasteiger partial charge is 0.507 e. The molecule has 0 fully saturated rings. The van der Waals surface area contributed by atoms with Crippen LogP contribution in [0.15, 0.2) is 30.3 Å². The van der Waals surface area contributed by atoms with E-state index in [2.05, 4.69) is 0 Å². The highest BCUT2D eigenvalue weighted by Crippen LogP contribution is 2.50. The molecule has 5 rings (SSSR count). The van der Waals surface area contributed by atoms with Gasteiger partial charge in [0.05, 0.1) is 18.6 Å². The molecule has 0 aromatic heterocycles. The standard InChI is InChI=1S/C24H20O7/c1-2-3-10-30-23(28)24(29)11-15-14-5-8-17(26)21-16(25)7-4-12(19(14)21)13-6-9-18(27)22(31-24)20(13)15/h4-9,25,27,29H,2-3,10-11H2,1H3. The van der Waals surface area contributed by atoms with Crippen molar-refractivity contribution in [2.45, 2.75) is 32.0 Å². The van der Waals surface area contributed by atoms with Gasteiger partial charge in [0.1, 0.15) is 5.75 Å². The fraction of sp³-hybridized carbons (Fsp3) is 0.250. The Balaban J connectivity index is 1.80. The Morgan fingerprint density at radius 1 is 1.10 bits per heavy atom. The number of phenols is 2. The average molecular weight is 420 g/mol. The number of benzene rings is 3. The number of aromatic hydroxyl groups is 2. The SMILES string of the molecule is CCCCOC(=O)C1(O)Cc2c3c4c(c(O)ccc4c4ccc(O)c(c24)O1)C(=O)C=C3. The zero-order valence-electron chi connectivity index (χ0n) is 16.8. The van der Waals surface area contributed by atoms with Gasteiger partial charge in [0, 0.05) is 10.8 Å². The molecule has 7 nitrogen and oxygen atoms in total. The van der Waals surface area contributed by atoms with Crippen LogP contribution in [0.25, 0.3) is 27.6 Å². The van der Waals surface area contributed by atoms with Gasteiger partial charge in [0.2, 0.25) is 0 Å². The number of unbranched alkanes of at least 4 members (excludes halogenated alkanes) is 1. The van der Waals surface area contributed by atoms with Crippen LogP contribution in [0.3, 0.4) is 0 Å². The molecule has 0 radical (unpaired) electrons. The zero-order valence-corrected chi connectivity index (χ0v) is 16.8. The van der Waals surface area contributed by atoms with Gasteiger partial charge in [-0.25, -0.2) is 4.79 Å². The Hall–Kier alpha value is -3.58. The second-order valence-electron chi connectivity index (χ2n) is 7.86. The summed E-state index contributed by atoms with van der Waals surface area (Å²) in [6.07, 6.45) is 4.17. The fourth-order valence-electron chi connectivity index (χ4n) is 4.42. The summed E-state index contributed by atoms with van der Waals surface area (Å²) in [4.78, 5) is 25.2. The number of rotatable bonds is 4. The van der Waals surface area contributed by atoms with Gasteiger partial charge in [-0.05, 0) is 52.6 Å². The number of fused-ring (bicyclic) bond motifs is 2. The number of ether oxygens (including phenoxy) is 2. The number of hydrogen-bond acceptors (Lipinski definition) is 7. The number of phenolic OH excluding ortho intramolecular Hbond substituents is 2. The van der Waals surface area contributed by atoms with Crippen LogP contribution in [-0.4, -0.2) is 39.5 Å². The van der Waals surface area contributed by atoms with Crippen molar-refractivity contribution < 1.29 is 34.4 Å². The molecule has 1 aliphatic carbocycles. The van der Waals surface area contributed by atoms with Crippen molar-refractivity contribution in [1.82, 2.24) is 0 Å². The maximum Gasteiger partial charge on any atom is 0.379 e. The third-order valence-electron chi connectivity index (χ3n) is 5.89. The van der Waals surface area contributed by atoms with E-state index in [0.717, 1.165) is 6.42 Å². The van der Waals surface area contributed by atoms with Crippen molar-refractivity contribution in [2.24, 2.45) is 0 Å². The van der Waals surface area contributed by atoms with E-state index in [1.54, 1.807) is 18.2 Å². The molecule has 1 aliphatic heterocycles. The van der Waals surface area contributed by atoms with Gasteiger partial charge < -0.3 is 24.8 Å². The molecular formula is C24H20O7. The van der Waals surface area contributed by atoms with E-state index in [0.29, 0.717) is 39.1 Å². The van der Waals surface area contributed by atoms with Crippen molar-refractivity contribution in [3.63, 3.8) is 0 Å². The second-order valence-corrected chi connectivity index (χ2v) is 7.86. The molecule has 1 unspecified atom stereocenters. The van der Waals surface area contributed by atoms with Crippen molar-refractivity contribution in [3.05, 3.63) is 47.0 Å². The van der Waals surface area contributed by atoms with Crippen LogP contribution < -0.4 is 4.74 Å². The van der Waals surface area contributed by atoms with E-state index in [-0.39, 0.29) is 41.6 Å². The summed E-state index contributed by atoms with van der Waals surface area (Å²) >= 11 is 0. The molecule has 3 N–H and O–H groups in total. The van der Waals surface area contributed by atoms with Gasteiger partial charge in [0.15, 0.2) is 17.3 Å². The molecule has 0 saturated carbocycles. The molecule has 31 heavy (non-hydrogen) atoms. The lowest BCUT2D eigenvalue weighted by Gasteiger charge is -2.34. The molecular weight excluding hydrogens is 400 g/mol. The Labute approximate surface area is 177 Å².